The first-order valence-electron chi connectivity index (χ1n) is 14.7. The number of carbonyl (C=O) groups excluding carboxylic acids is 3. The molecule has 4 unspecified atom stereocenters. The van der Waals surface area contributed by atoms with Gasteiger partial charge < -0.3 is 30.2 Å². The molecule has 1 saturated heterocycles. The maximum absolute atomic E-state index is 12.9. The van der Waals surface area contributed by atoms with E-state index in [1.165, 1.54) is 0 Å². The molecule has 0 bridgehead atoms. The highest BCUT2D eigenvalue weighted by molar-refractivity contribution is 5.82. The number of carbonyl (C=O) groups is 3. The van der Waals surface area contributed by atoms with Crippen LogP contribution in [-0.2, 0) is 23.8 Å². The van der Waals surface area contributed by atoms with Crippen molar-refractivity contribution < 1.29 is 28.6 Å². The molecule has 3 N–H and O–H groups in total. The highest BCUT2D eigenvalue weighted by Crippen LogP contribution is 2.34. The second-order valence-electron chi connectivity index (χ2n) is 12.5. The predicted molar refractivity (Wildman–Crippen MR) is 148 cm³/mol. The van der Waals surface area contributed by atoms with E-state index in [9.17, 15) is 14.4 Å². The van der Waals surface area contributed by atoms with Crippen LogP contribution in [-0.4, -0.2) is 61.1 Å². The van der Waals surface area contributed by atoms with E-state index in [0.717, 1.165) is 51.4 Å². The number of rotatable bonds is 12. The molecule has 1 saturated carbocycles. The first kappa shape index (κ1) is 32.3. The smallest absolute Gasteiger partial charge is 0.315 e. The predicted octanol–water partition coefficient (Wildman–Crippen LogP) is 4.82. The molecule has 38 heavy (non-hydrogen) atoms. The van der Waals surface area contributed by atoms with Crippen LogP contribution >= 0.6 is 0 Å². The third-order valence-corrected chi connectivity index (χ3v) is 7.56. The van der Waals surface area contributed by atoms with Crippen molar-refractivity contribution in [3.8, 4) is 0 Å². The Morgan fingerprint density at radius 2 is 1.74 bits per heavy atom. The quantitative estimate of drug-likeness (QED) is 0.186. The highest BCUT2D eigenvalue weighted by atomic mass is 16.7. The zero-order valence-corrected chi connectivity index (χ0v) is 24.8. The van der Waals surface area contributed by atoms with Gasteiger partial charge in [-0.1, -0.05) is 66.7 Å². The lowest BCUT2D eigenvalue weighted by molar-refractivity contribution is -0.304. The number of urea groups is 1. The van der Waals surface area contributed by atoms with Crippen LogP contribution in [0.3, 0.4) is 0 Å². The van der Waals surface area contributed by atoms with Gasteiger partial charge in [0.15, 0.2) is 5.79 Å². The second-order valence-corrected chi connectivity index (χ2v) is 12.5. The molecule has 9 heteroatoms. The molecule has 0 radical (unpaired) electrons. The lowest BCUT2D eigenvalue weighted by Crippen LogP contribution is -2.56. The van der Waals surface area contributed by atoms with Crippen LogP contribution in [0.15, 0.2) is 0 Å². The van der Waals surface area contributed by atoms with Gasteiger partial charge in [0.2, 0.25) is 5.91 Å². The average Bonchev–Trinajstić information content (AvgIpc) is 3.05. The van der Waals surface area contributed by atoms with Crippen molar-refractivity contribution in [3.63, 3.8) is 0 Å². The van der Waals surface area contributed by atoms with Gasteiger partial charge in [-0.05, 0) is 45.4 Å². The molecule has 1 aliphatic carbocycles. The molecule has 0 aromatic rings. The Labute approximate surface area is 229 Å². The molecule has 3 amide bonds. The fourth-order valence-corrected chi connectivity index (χ4v) is 5.07. The Bertz CT molecular complexity index is 769. The summed E-state index contributed by atoms with van der Waals surface area (Å²) in [6.45, 7) is 14.4. The van der Waals surface area contributed by atoms with Crippen molar-refractivity contribution in [3.05, 3.63) is 0 Å². The van der Waals surface area contributed by atoms with Gasteiger partial charge in [0, 0.05) is 18.0 Å². The lowest BCUT2D eigenvalue weighted by atomic mass is 9.85. The van der Waals surface area contributed by atoms with E-state index in [0.29, 0.717) is 18.9 Å². The van der Waals surface area contributed by atoms with Crippen LogP contribution in [0.4, 0.5) is 4.79 Å². The molecule has 0 spiro atoms. The topological polar surface area (TPSA) is 115 Å². The Morgan fingerprint density at radius 3 is 2.42 bits per heavy atom. The molecule has 0 aromatic heterocycles. The molecule has 2 fully saturated rings. The first-order valence-corrected chi connectivity index (χ1v) is 14.7. The highest BCUT2D eigenvalue weighted by Gasteiger charge is 2.45. The molecule has 2 aliphatic rings. The summed E-state index contributed by atoms with van der Waals surface area (Å²) in [5.74, 6) is -1.13. The molecule has 0 aromatic carbocycles. The molecule has 1 heterocycles. The SMILES string of the molecule is CCCCCC(NC(=O)NC1CCCCCC1OC(=O)CCNC(=O)C1OC(C)(C)OCC1(C)C)C(C)C. The van der Waals surface area contributed by atoms with E-state index in [2.05, 4.69) is 36.7 Å². The van der Waals surface area contributed by atoms with E-state index in [1.807, 2.05) is 13.8 Å². The fraction of sp³-hybridized carbons (Fsp3) is 0.897. The monoisotopic (exact) mass is 539 g/mol. The summed E-state index contributed by atoms with van der Waals surface area (Å²) < 4.78 is 17.4. The molecule has 2 rings (SSSR count). The molecule has 4 atom stereocenters. The van der Waals surface area contributed by atoms with E-state index in [1.54, 1.807) is 13.8 Å². The number of hydrogen-bond donors (Lipinski definition) is 3. The third-order valence-electron chi connectivity index (χ3n) is 7.56. The van der Waals surface area contributed by atoms with Gasteiger partial charge in [-0.3, -0.25) is 9.59 Å². The lowest BCUT2D eigenvalue weighted by Gasteiger charge is -2.44. The Kier molecular flexibility index (Phi) is 12.8. The van der Waals surface area contributed by atoms with Crippen LogP contribution in [0.2, 0.25) is 0 Å². The fourth-order valence-electron chi connectivity index (χ4n) is 5.07. The minimum absolute atomic E-state index is 0.0566. The van der Waals surface area contributed by atoms with Gasteiger partial charge in [0.1, 0.15) is 12.2 Å². The van der Waals surface area contributed by atoms with Crippen molar-refractivity contribution in [1.29, 1.82) is 0 Å². The summed E-state index contributed by atoms with van der Waals surface area (Å²) in [4.78, 5) is 38.4. The van der Waals surface area contributed by atoms with Crippen molar-refractivity contribution in [1.82, 2.24) is 16.0 Å². The van der Waals surface area contributed by atoms with Gasteiger partial charge in [0.25, 0.3) is 0 Å². The second kappa shape index (κ2) is 15.1. The molecule has 220 valence electrons. The number of esters is 1. The maximum Gasteiger partial charge on any atom is 0.315 e. The summed E-state index contributed by atoms with van der Waals surface area (Å²) >= 11 is 0. The van der Waals surface area contributed by atoms with E-state index in [4.69, 9.17) is 14.2 Å². The van der Waals surface area contributed by atoms with Crippen LogP contribution in [0.25, 0.3) is 0 Å². The van der Waals surface area contributed by atoms with Crippen molar-refractivity contribution in [2.75, 3.05) is 13.2 Å². The summed E-state index contributed by atoms with van der Waals surface area (Å²) in [7, 11) is 0. The summed E-state index contributed by atoms with van der Waals surface area (Å²) in [6, 6.07) is -0.298. The Morgan fingerprint density at radius 1 is 1.03 bits per heavy atom. The first-order chi connectivity index (χ1) is 17.8. The summed E-state index contributed by atoms with van der Waals surface area (Å²) in [5.41, 5.74) is -0.482. The van der Waals surface area contributed by atoms with Gasteiger partial charge in [-0.15, -0.1) is 0 Å². The Balaban J connectivity index is 1.85. The molecule has 1 aliphatic heterocycles. The van der Waals surface area contributed by atoms with Crippen LogP contribution in [0.1, 0.15) is 113 Å². The summed E-state index contributed by atoms with van der Waals surface area (Å²) in [5, 5.41) is 9.07. The zero-order chi connectivity index (χ0) is 28.3. The van der Waals surface area contributed by atoms with Crippen LogP contribution in [0.5, 0.6) is 0 Å². The maximum atomic E-state index is 12.9. The largest absolute Gasteiger partial charge is 0.460 e. The standard InChI is InChI=1S/C29H53N3O6/c1-8-9-11-14-21(20(2)3)31-27(35)32-22-15-12-10-13-16-23(22)37-24(33)17-18-30-26(34)25-28(4,5)19-36-29(6,7)38-25/h20-23,25H,8-19H2,1-7H3,(H,30,34)(H2,31,32,35). The minimum Gasteiger partial charge on any atom is -0.460 e. The molecule has 9 nitrogen and oxygen atoms in total. The Hall–Kier alpha value is -1.87. The number of ether oxygens (including phenoxy) is 3. The van der Waals surface area contributed by atoms with E-state index < -0.39 is 17.3 Å². The average molecular weight is 540 g/mol. The van der Waals surface area contributed by atoms with Crippen molar-refractivity contribution in [2.24, 2.45) is 11.3 Å². The van der Waals surface area contributed by atoms with E-state index >= 15 is 0 Å². The van der Waals surface area contributed by atoms with Crippen LogP contribution < -0.4 is 16.0 Å². The van der Waals surface area contributed by atoms with Crippen LogP contribution in [0, 0.1) is 11.3 Å². The van der Waals surface area contributed by atoms with Gasteiger partial charge in [-0.2, -0.15) is 0 Å². The van der Waals surface area contributed by atoms with Gasteiger partial charge in [0.05, 0.1) is 19.1 Å². The zero-order valence-electron chi connectivity index (χ0n) is 24.8. The van der Waals surface area contributed by atoms with Crippen molar-refractivity contribution in [2.45, 2.75) is 143 Å². The minimum atomic E-state index is -0.838. The number of unbranched alkanes of at least 4 members (excludes halogenated alkanes) is 2. The number of hydrogen-bond acceptors (Lipinski definition) is 6. The van der Waals surface area contributed by atoms with Crippen molar-refractivity contribution >= 4 is 17.9 Å². The molecular formula is C29H53N3O6. The number of amides is 3. The van der Waals surface area contributed by atoms with Gasteiger partial charge >= 0.3 is 12.0 Å². The summed E-state index contributed by atoms with van der Waals surface area (Å²) in [6.07, 6.45) is 7.84. The normalized spacial score (nSPS) is 25.6. The molecular weight excluding hydrogens is 486 g/mol. The van der Waals surface area contributed by atoms with E-state index in [-0.39, 0.29) is 49.1 Å². The van der Waals surface area contributed by atoms with Gasteiger partial charge in [-0.25, -0.2) is 4.79 Å². The third kappa shape index (κ3) is 10.7. The number of nitrogens with one attached hydrogen (secondary N) is 3.